The number of piperidine rings is 1. The van der Waals surface area contributed by atoms with Gasteiger partial charge >= 0.3 is 0 Å². The number of likely N-dealkylation sites (tertiary alicyclic amines) is 1. The Balaban J connectivity index is 2.26. The predicted octanol–water partition coefficient (Wildman–Crippen LogP) is 0.182. The summed E-state index contributed by atoms with van der Waals surface area (Å²) < 4.78 is 0. The number of nitrogens with one attached hydrogen (secondary N) is 1. The van der Waals surface area contributed by atoms with Gasteiger partial charge in [-0.3, -0.25) is 4.79 Å². The lowest BCUT2D eigenvalue weighted by Gasteiger charge is -2.31. The molecule has 0 aromatic heterocycles. The van der Waals surface area contributed by atoms with Crippen molar-refractivity contribution < 1.29 is 4.79 Å². The minimum atomic E-state index is -0.0609. The van der Waals surface area contributed by atoms with Crippen molar-refractivity contribution >= 4 is 5.91 Å². The van der Waals surface area contributed by atoms with Gasteiger partial charge in [0, 0.05) is 31.6 Å². The standard InChI is InChI=1S/C11H23N3O/c1-3-14-6-4-10(5-7-14)13-11(15)9(2)8-12/h9-10H,3-8,12H2,1-2H3,(H,13,15). The monoisotopic (exact) mass is 213 g/mol. The van der Waals surface area contributed by atoms with Crippen LogP contribution in [0, 0.1) is 5.92 Å². The number of hydrogen-bond acceptors (Lipinski definition) is 3. The topological polar surface area (TPSA) is 58.4 Å². The molecule has 4 nitrogen and oxygen atoms in total. The number of hydrogen-bond donors (Lipinski definition) is 2. The summed E-state index contributed by atoms with van der Waals surface area (Å²) in [5.74, 6) is 0.0432. The van der Waals surface area contributed by atoms with E-state index in [0.29, 0.717) is 12.6 Å². The van der Waals surface area contributed by atoms with E-state index in [1.807, 2.05) is 6.92 Å². The second kappa shape index (κ2) is 6.08. The fraction of sp³-hybridized carbons (Fsp3) is 0.909. The average Bonchev–Trinajstić information content (AvgIpc) is 2.29. The third kappa shape index (κ3) is 3.80. The Morgan fingerprint density at radius 3 is 2.60 bits per heavy atom. The average molecular weight is 213 g/mol. The van der Waals surface area contributed by atoms with Crippen LogP contribution < -0.4 is 11.1 Å². The van der Waals surface area contributed by atoms with E-state index >= 15 is 0 Å². The Kier molecular flexibility index (Phi) is 5.05. The number of carbonyl (C=O) groups is 1. The smallest absolute Gasteiger partial charge is 0.224 e. The summed E-state index contributed by atoms with van der Waals surface area (Å²) in [4.78, 5) is 14.0. The number of nitrogens with zero attached hydrogens (tertiary/aromatic N) is 1. The van der Waals surface area contributed by atoms with E-state index in [9.17, 15) is 4.79 Å². The predicted molar refractivity (Wildman–Crippen MR) is 61.5 cm³/mol. The molecule has 4 heteroatoms. The van der Waals surface area contributed by atoms with Crippen LogP contribution in [0.1, 0.15) is 26.7 Å². The summed E-state index contributed by atoms with van der Waals surface area (Å²) in [6, 6.07) is 0.356. The molecule has 0 saturated carbocycles. The second-order valence-electron chi connectivity index (χ2n) is 4.35. The van der Waals surface area contributed by atoms with Crippen molar-refractivity contribution in [2.24, 2.45) is 11.7 Å². The van der Waals surface area contributed by atoms with Crippen LogP contribution in [-0.4, -0.2) is 43.0 Å². The maximum atomic E-state index is 11.6. The maximum Gasteiger partial charge on any atom is 0.224 e. The van der Waals surface area contributed by atoms with Gasteiger partial charge in [-0.2, -0.15) is 0 Å². The Labute approximate surface area is 92.2 Å². The lowest BCUT2D eigenvalue weighted by Crippen LogP contribution is -2.46. The van der Waals surface area contributed by atoms with E-state index in [2.05, 4.69) is 17.1 Å². The molecule has 1 rings (SSSR count). The van der Waals surface area contributed by atoms with Crippen LogP contribution in [0.2, 0.25) is 0 Å². The molecule has 0 bridgehead atoms. The first kappa shape index (κ1) is 12.5. The van der Waals surface area contributed by atoms with Gasteiger partial charge in [-0.25, -0.2) is 0 Å². The maximum absolute atomic E-state index is 11.6. The summed E-state index contributed by atoms with van der Waals surface area (Å²) >= 11 is 0. The quantitative estimate of drug-likeness (QED) is 0.700. The zero-order chi connectivity index (χ0) is 11.3. The SMILES string of the molecule is CCN1CCC(NC(=O)C(C)CN)CC1. The first-order valence-electron chi connectivity index (χ1n) is 5.90. The molecule has 0 aromatic carbocycles. The molecule has 1 amide bonds. The number of nitrogens with two attached hydrogens (primary N) is 1. The summed E-state index contributed by atoms with van der Waals surface area (Å²) in [6.07, 6.45) is 2.13. The van der Waals surface area contributed by atoms with Crippen LogP contribution in [0.15, 0.2) is 0 Å². The molecule has 0 aliphatic carbocycles. The van der Waals surface area contributed by atoms with Crippen LogP contribution in [-0.2, 0) is 4.79 Å². The third-order valence-corrected chi connectivity index (χ3v) is 3.18. The van der Waals surface area contributed by atoms with Crippen molar-refractivity contribution in [1.82, 2.24) is 10.2 Å². The summed E-state index contributed by atoms with van der Waals surface area (Å²) in [5, 5.41) is 3.07. The van der Waals surface area contributed by atoms with Gasteiger partial charge in [0.25, 0.3) is 0 Å². The zero-order valence-electron chi connectivity index (χ0n) is 9.83. The molecule has 1 aliphatic rings. The lowest BCUT2D eigenvalue weighted by atomic mass is 10.0. The van der Waals surface area contributed by atoms with Gasteiger partial charge in [0.15, 0.2) is 0 Å². The molecule has 88 valence electrons. The summed E-state index contributed by atoms with van der Waals surface area (Å²) in [6.45, 7) is 7.78. The van der Waals surface area contributed by atoms with Crippen molar-refractivity contribution in [3.63, 3.8) is 0 Å². The number of amides is 1. The van der Waals surface area contributed by atoms with Crippen molar-refractivity contribution in [3.8, 4) is 0 Å². The molecule has 0 spiro atoms. The van der Waals surface area contributed by atoms with E-state index in [-0.39, 0.29) is 11.8 Å². The summed E-state index contributed by atoms with van der Waals surface area (Å²) in [5.41, 5.74) is 5.45. The highest BCUT2D eigenvalue weighted by atomic mass is 16.1. The Bertz CT molecular complexity index is 200. The Hall–Kier alpha value is -0.610. The van der Waals surface area contributed by atoms with Crippen LogP contribution in [0.25, 0.3) is 0 Å². The molecular formula is C11H23N3O. The summed E-state index contributed by atoms with van der Waals surface area (Å²) in [7, 11) is 0. The second-order valence-corrected chi connectivity index (χ2v) is 4.35. The van der Waals surface area contributed by atoms with E-state index < -0.39 is 0 Å². The van der Waals surface area contributed by atoms with E-state index in [4.69, 9.17) is 5.73 Å². The van der Waals surface area contributed by atoms with Gasteiger partial charge in [-0.05, 0) is 19.4 Å². The molecule has 15 heavy (non-hydrogen) atoms. The van der Waals surface area contributed by atoms with E-state index in [0.717, 1.165) is 32.5 Å². The lowest BCUT2D eigenvalue weighted by molar-refractivity contribution is -0.125. The van der Waals surface area contributed by atoms with Crippen molar-refractivity contribution in [2.75, 3.05) is 26.2 Å². The molecule has 3 N–H and O–H groups in total. The third-order valence-electron chi connectivity index (χ3n) is 3.18. The van der Waals surface area contributed by atoms with Crippen molar-refractivity contribution in [3.05, 3.63) is 0 Å². The van der Waals surface area contributed by atoms with E-state index in [1.54, 1.807) is 0 Å². The highest BCUT2D eigenvalue weighted by Gasteiger charge is 2.21. The molecular weight excluding hydrogens is 190 g/mol. The molecule has 0 radical (unpaired) electrons. The Morgan fingerprint density at radius 1 is 1.53 bits per heavy atom. The van der Waals surface area contributed by atoms with Crippen LogP contribution >= 0.6 is 0 Å². The van der Waals surface area contributed by atoms with Crippen LogP contribution in [0.4, 0.5) is 0 Å². The van der Waals surface area contributed by atoms with E-state index in [1.165, 1.54) is 0 Å². The fourth-order valence-corrected chi connectivity index (χ4v) is 1.84. The van der Waals surface area contributed by atoms with Gasteiger partial charge in [0.05, 0.1) is 0 Å². The number of carbonyl (C=O) groups excluding carboxylic acids is 1. The largest absolute Gasteiger partial charge is 0.353 e. The first-order valence-corrected chi connectivity index (χ1v) is 5.90. The molecule has 1 saturated heterocycles. The highest BCUT2D eigenvalue weighted by molar-refractivity contribution is 5.78. The molecule has 1 atom stereocenters. The van der Waals surface area contributed by atoms with Crippen LogP contribution in [0.3, 0.4) is 0 Å². The molecule has 0 aromatic rings. The van der Waals surface area contributed by atoms with Gasteiger partial charge in [0.1, 0.15) is 0 Å². The molecule has 1 fully saturated rings. The number of rotatable bonds is 4. The van der Waals surface area contributed by atoms with Gasteiger partial charge in [-0.15, -0.1) is 0 Å². The molecule has 1 aliphatic heterocycles. The van der Waals surface area contributed by atoms with Crippen molar-refractivity contribution in [1.29, 1.82) is 0 Å². The fourth-order valence-electron chi connectivity index (χ4n) is 1.84. The van der Waals surface area contributed by atoms with Gasteiger partial charge in [-0.1, -0.05) is 13.8 Å². The van der Waals surface area contributed by atoms with Crippen LogP contribution in [0.5, 0.6) is 0 Å². The first-order chi connectivity index (χ1) is 7.17. The highest BCUT2D eigenvalue weighted by Crippen LogP contribution is 2.10. The normalized spacial score (nSPS) is 21.3. The minimum absolute atomic E-state index is 0.0609. The van der Waals surface area contributed by atoms with Gasteiger partial charge in [0.2, 0.25) is 5.91 Å². The van der Waals surface area contributed by atoms with Gasteiger partial charge < -0.3 is 16.0 Å². The Morgan fingerprint density at radius 2 is 2.13 bits per heavy atom. The molecule has 1 heterocycles. The zero-order valence-corrected chi connectivity index (χ0v) is 9.83. The molecule has 1 unspecified atom stereocenters. The minimum Gasteiger partial charge on any atom is -0.353 e. The van der Waals surface area contributed by atoms with Crippen molar-refractivity contribution in [2.45, 2.75) is 32.7 Å².